The van der Waals surface area contributed by atoms with Crippen LogP contribution in [0.5, 0.6) is 0 Å². The van der Waals surface area contributed by atoms with E-state index in [1.807, 2.05) is 4.90 Å². The highest BCUT2D eigenvalue weighted by atomic mass is 16.5. The third-order valence-electron chi connectivity index (χ3n) is 2.47. The molecular weight excluding hydrogens is 182 g/mol. The van der Waals surface area contributed by atoms with E-state index in [0.29, 0.717) is 6.61 Å². The average Bonchev–Trinajstić information content (AvgIpc) is 2.52. The zero-order valence-electron chi connectivity index (χ0n) is 8.78. The van der Waals surface area contributed by atoms with Crippen LogP contribution >= 0.6 is 0 Å². The lowest BCUT2D eigenvalue weighted by Crippen LogP contribution is -2.38. The Labute approximate surface area is 84.2 Å². The van der Waals surface area contributed by atoms with Crippen molar-refractivity contribution in [3.05, 3.63) is 0 Å². The fourth-order valence-electron chi connectivity index (χ4n) is 1.85. The Bertz CT molecular complexity index is 227. The van der Waals surface area contributed by atoms with Crippen molar-refractivity contribution in [2.24, 2.45) is 0 Å². The van der Waals surface area contributed by atoms with Crippen LogP contribution in [0.1, 0.15) is 26.7 Å². The van der Waals surface area contributed by atoms with E-state index in [9.17, 15) is 9.59 Å². The predicted octanol–water partition coefficient (Wildman–Crippen LogP) is 0.603. The Morgan fingerprint density at radius 2 is 2.21 bits per heavy atom. The van der Waals surface area contributed by atoms with E-state index in [1.54, 1.807) is 13.8 Å². The van der Waals surface area contributed by atoms with E-state index >= 15 is 0 Å². The number of carbonyl (C=O) groups excluding carboxylic acids is 2. The summed E-state index contributed by atoms with van der Waals surface area (Å²) >= 11 is 0. The molecule has 0 spiro atoms. The minimum Gasteiger partial charge on any atom is -0.465 e. The number of ether oxygens (including phenoxy) is 1. The molecule has 1 fully saturated rings. The summed E-state index contributed by atoms with van der Waals surface area (Å²) in [6.45, 7) is 4.83. The summed E-state index contributed by atoms with van der Waals surface area (Å²) in [5.41, 5.74) is 0. The van der Waals surface area contributed by atoms with Gasteiger partial charge in [0.1, 0.15) is 5.78 Å². The molecule has 0 N–H and O–H groups in total. The lowest BCUT2D eigenvalue weighted by Gasteiger charge is -2.20. The van der Waals surface area contributed by atoms with Crippen molar-refractivity contribution in [3.8, 4) is 0 Å². The normalized spacial score (nSPS) is 22.3. The van der Waals surface area contributed by atoms with Gasteiger partial charge in [-0.25, -0.2) is 0 Å². The van der Waals surface area contributed by atoms with Crippen LogP contribution in [-0.2, 0) is 14.3 Å². The number of likely N-dealkylation sites (tertiary alicyclic amines) is 1. The third kappa shape index (κ3) is 2.80. The Morgan fingerprint density at radius 3 is 2.79 bits per heavy atom. The maximum Gasteiger partial charge on any atom is 0.320 e. The molecule has 0 amide bonds. The van der Waals surface area contributed by atoms with E-state index in [2.05, 4.69) is 0 Å². The second-order valence-electron chi connectivity index (χ2n) is 3.54. The van der Waals surface area contributed by atoms with Gasteiger partial charge in [-0.3, -0.25) is 14.5 Å². The maximum atomic E-state index is 11.2. The highest BCUT2D eigenvalue weighted by molar-refractivity contribution is 5.82. The molecule has 1 heterocycles. The summed E-state index contributed by atoms with van der Waals surface area (Å²) in [5, 5.41) is 0. The van der Waals surface area contributed by atoms with Crippen molar-refractivity contribution in [1.29, 1.82) is 0 Å². The fraction of sp³-hybridized carbons (Fsp3) is 0.800. The first-order chi connectivity index (χ1) is 6.65. The fourth-order valence-corrected chi connectivity index (χ4v) is 1.85. The summed E-state index contributed by atoms with van der Waals surface area (Å²) in [5.74, 6) is -0.0903. The number of esters is 1. The van der Waals surface area contributed by atoms with Crippen LogP contribution in [0, 0.1) is 0 Å². The molecule has 0 unspecified atom stereocenters. The van der Waals surface area contributed by atoms with Crippen LogP contribution in [0.25, 0.3) is 0 Å². The lowest BCUT2D eigenvalue weighted by atomic mass is 10.1. The molecule has 0 aromatic rings. The van der Waals surface area contributed by atoms with Gasteiger partial charge in [-0.15, -0.1) is 0 Å². The van der Waals surface area contributed by atoms with Crippen LogP contribution in [0.2, 0.25) is 0 Å². The summed E-state index contributed by atoms with van der Waals surface area (Å²) < 4.78 is 4.84. The first kappa shape index (κ1) is 11.2. The van der Waals surface area contributed by atoms with E-state index in [1.165, 1.54) is 0 Å². The van der Waals surface area contributed by atoms with Gasteiger partial charge in [-0.1, -0.05) is 0 Å². The van der Waals surface area contributed by atoms with E-state index in [0.717, 1.165) is 19.4 Å². The molecule has 0 bridgehead atoms. The Morgan fingerprint density at radius 1 is 1.50 bits per heavy atom. The molecular formula is C10H17NO3. The molecule has 80 valence electrons. The van der Waals surface area contributed by atoms with Crippen molar-refractivity contribution >= 4 is 11.8 Å². The highest BCUT2D eigenvalue weighted by Gasteiger charge is 2.29. The maximum absolute atomic E-state index is 11.2. The van der Waals surface area contributed by atoms with E-state index in [-0.39, 0.29) is 24.3 Å². The van der Waals surface area contributed by atoms with Crippen molar-refractivity contribution in [1.82, 2.24) is 4.90 Å². The first-order valence-electron chi connectivity index (χ1n) is 5.05. The average molecular weight is 199 g/mol. The summed E-state index contributed by atoms with van der Waals surface area (Å²) in [6, 6.07) is -0.0700. The van der Waals surface area contributed by atoms with Crippen molar-refractivity contribution in [2.75, 3.05) is 19.7 Å². The Hall–Kier alpha value is -0.900. The molecule has 1 saturated heterocycles. The van der Waals surface area contributed by atoms with Gasteiger partial charge in [0.25, 0.3) is 0 Å². The number of hydrogen-bond donors (Lipinski definition) is 0. The van der Waals surface area contributed by atoms with Gasteiger partial charge < -0.3 is 4.74 Å². The number of rotatable bonds is 4. The van der Waals surface area contributed by atoms with Gasteiger partial charge in [0, 0.05) is 0 Å². The molecule has 1 aliphatic rings. The molecule has 14 heavy (non-hydrogen) atoms. The third-order valence-corrected chi connectivity index (χ3v) is 2.47. The van der Waals surface area contributed by atoms with Crippen LogP contribution in [0.3, 0.4) is 0 Å². The number of ketones is 1. The zero-order valence-corrected chi connectivity index (χ0v) is 8.78. The van der Waals surface area contributed by atoms with Gasteiger partial charge in [-0.2, -0.15) is 0 Å². The standard InChI is InChI=1S/C10H17NO3/c1-3-14-10(13)7-11-6-4-5-9(11)8(2)12/h9H,3-7H2,1-2H3/t9-/m1/s1. The van der Waals surface area contributed by atoms with Crippen LogP contribution in [0.15, 0.2) is 0 Å². The van der Waals surface area contributed by atoms with Gasteiger partial charge in [-0.05, 0) is 33.2 Å². The largest absolute Gasteiger partial charge is 0.465 e. The lowest BCUT2D eigenvalue weighted by molar-refractivity contribution is -0.144. The highest BCUT2D eigenvalue weighted by Crippen LogP contribution is 2.17. The number of Topliss-reactive ketones (excluding diaryl/α,β-unsaturated/α-hetero) is 1. The summed E-state index contributed by atoms with van der Waals surface area (Å²) in [7, 11) is 0. The molecule has 1 aliphatic heterocycles. The Balaban J connectivity index is 2.43. The van der Waals surface area contributed by atoms with Crippen LogP contribution in [-0.4, -0.2) is 42.4 Å². The molecule has 0 aromatic carbocycles. The molecule has 1 atom stereocenters. The van der Waals surface area contributed by atoms with Gasteiger partial charge in [0.2, 0.25) is 0 Å². The van der Waals surface area contributed by atoms with Gasteiger partial charge >= 0.3 is 5.97 Å². The summed E-state index contributed by atoms with van der Waals surface area (Å²) in [6.07, 6.45) is 1.86. The minimum absolute atomic E-state index is 0.0700. The van der Waals surface area contributed by atoms with E-state index < -0.39 is 0 Å². The molecule has 0 radical (unpaired) electrons. The predicted molar refractivity (Wildman–Crippen MR) is 51.9 cm³/mol. The number of carbonyl (C=O) groups is 2. The molecule has 1 rings (SSSR count). The van der Waals surface area contributed by atoms with Crippen LogP contribution in [0.4, 0.5) is 0 Å². The van der Waals surface area contributed by atoms with Crippen molar-refractivity contribution in [3.63, 3.8) is 0 Å². The zero-order chi connectivity index (χ0) is 10.6. The molecule has 4 nitrogen and oxygen atoms in total. The monoisotopic (exact) mass is 199 g/mol. The number of nitrogens with zero attached hydrogens (tertiary/aromatic N) is 1. The second-order valence-corrected chi connectivity index (χ2v) is 3.54. The van der Waals surface area contributed by atoms with Crippen LogP contribution < -0.4 is 0 Å². The van der Waals surface area contributed by atoms with E-state index in [4.69, 9.17) is 4.74 Å². The van der Waals surface area contributed by atoms with Gasteiger partial charge in [0.05, 0.1) is 19.2 Å². The van der Waals surface area contributed by atoms with Crippen molar-refractivity contribution in [2.45, 2.75) is 32.7 Å². The molecule has 0 saturated carbocycles. The molecule has 0 aromatic heterocycles. The summed E-state index contributed by atoms with van der Waals surface area (Å²) in [4.78, 5) is 24.3. The first-order valence-corrected chi connectivity index (χ1v) is 5.05. The quantitative estimate of drug-likeness (QED) is 0.622. The smallest absolute Gasteiger partial charge is 0.320 e. The number of hydrogen-bond acceptors (Lipinski definition) is 4. The second kappa shape index (κ2) is 5.10. The minimum atomic E-state index is -0.236. The van der Waals surface area contributed by atoms with Crippen molar-refractivity contribution < 1.29 is 14.3 Å². The molecule has 4 heteroatoms. The molecule has 0 aliphatic carbocycles. The van der Waals surface area contributed by atoms with Gasteiger partial charge in [0.15, 0.2) is 0 Å². The Kier molecular flexibility index (Phi) is 4.07. The topological polar surface area (TPSA) is 46.6 Å². The SMILES string of the molecule is CCOC(=O)CN1CCC[C@@H]1C(C)=O.